The van der Waals surface area contributed by atoms with Gasteiger partial charge in [-0.25, -0.2) is 0 Å². The highest BCUT2D eigenvalue weighted by Crippen LogP contribution is 2.47. The fourth-order valence-electron chi connectivity index (χ4n) is 9.95. The molecule has 0 aliphatic heterocycles. The van der Waals surface area contributed by atoms with Crippen molar-refractivity contribution in [2.75, 3.05) is 4.90 Å². The van der Waals surface area contributed by atoms with E-state index in [0.717, 1.165) is 29.2 Å². The van der Waals surface area contributed by atoms with E-state index >= 15 is 0 Å². The van der Waals surface area contributed by atoms with E-state index in [1.165, 1.54) is 91.6 Å². The summed E-state index contributed by atoms with van der Waals surface area (Å²) in [6.45, 7) is 0. The van der Waals surface area contributed by atoms with Crippen LogP contribution in [0.3, 0.4) is 0 Å². The number of anilines is 3. The van der Waals surface area contributed by atoms with Crippen LogP contribution in [0.2, 0.25) is 0 Å². The van der Waals surface area contributed by atoms with Gasteiger partial charge in [-0.2, -0.15) is 0 Å². The number of allylic oxidation sites excluding steroid dienone is 2. The molecule has 1 aliphatic rings. The number of benzene rings is 8. The van der Waals surface area contributed by atoms with Gasteiger partial charge in [-0.3, -0.25) is 0 Å². The standard InChI is InChI=1S/C55H35N3S/c1-3-14-36(15-4-1)57-48-24-6-2-5-16-40(48)43-20-11-19-39(53(43)57)35-28-30-37(31-29-35)56(38-32-33-52-47(34-38)42-18-8-10-27-51(42)59-52)50-26-13-23-46-45-22-12-21-44-41-17-7-9-25-49(41)58(54(44)45)55(46)50/h1,3-34H,2H2. The molecule has 8 aromatic carbocycles. The molecule has 13 rings (SSSR count). The van der Waals surface area contributed by atoms with E-state index in [2.05, 4.69) is 214 Å². The molecule has 0 fully saturated rings. The summed E-state index contributed by atoms with van der Waals surface area (Å²) in [6, 6.07) is 65.0. The number of hydrogen-bond donors (Lipinski definition) is 0. The molecule has 0 N–H and O–H groups in total. The Morgan fingerprint density at radius 3 is 2.00 bits per heavy atom. The zero-order valence-corrected chi connectivity index (χ0v) is 32.8. The fourth-order valence-corrected chi connectivity index (χ4v) is 11.0. The van der Waals surface area contributed by atoms with Gasteiger partial charge in [-0.05, 0) is 78.7 Å². The lowest BCUT2D eigenvalue weighted by Gasteiger charge is -2.27. The average Bonchev–Trinajstić information content (AvgIpc) is 3.98. The number of fused-ring (bicyclic) bond motifs is 12. The highest BCUT2D eigenvalue weighted by molar-refractivity contribution is 7.25. The van der Waals surface area contributed by atoms with Gasteiger partial charge in [0.1, 0.15) is 0 Å². The number of para-hydroxylation sites is 5. The molecule has 0 radical (unpaired) electrons. The van der Waals surface area contributed by atoms with E-state index in [4.69, 9.17) is 0 Å². The lowest BCUT2D eigenvalue weighted by molar-refractivity contribution is 1.11. The van der Waals surface area contributed by atoms with Crippen molar-refractivity contribution >= 4 is 110 Å². The molecular weight excluding hydrogens is 735 g/mol. The van der Waals surface area contributed by atoms with E-state index in [1.807, 2.05) is 11.3 Å². The smallest absolute Gasteiger partial charge is 0.0782 e. The van der Waals surface area contributed by atoms with Crippen molar-refractivity contribution in [2.24, 2.45) is 0 Å². The van der Waals surface area contributed by atoms with Crippen LogP contribution in [0.4, 0.5) is 17.1 Å². The van der Waals surface area contributed by atoms with Crippen molar-refractivity contribution in [1.29, 1.82) is 0 Å². The van der Waals surface area contributed by atoms with E-state index in [0.29, 0.717) is 0 Å². The normalized spacial score (nSPS) is 12.9. The average molecular weight is 770 g/mol. The molecule has 276 valence electrons. The summed E-state index contributed by atoms with van der Waals surface area (Å²) in [5.74, 6) is 0. The Morgan fingerprint density at radius 2 is 1.12 bits per heavy atom. The minimum atomic E-state index is 0.931. The molecule has 0 bridgehead atoms. The molecule has 4 aromatic heterocycles. The molecule has 12 aromatic rings. The largest absolute Gasteiger partial charge is 0.309 e. The second-order valence-electron chi connectivity index (χ2n) is 15.6. The number of aromatic nitrogens is 2. The van der Waals surface area contributed by atoms with Crippen LogP contribution >= 0.6 is 11.3 Å². The van der Waals surface area contributed by atoms with Crippen molar-refractivity contribution in [2.45, 2.75) is 6.42 Å². The van der Waals surface area contributed by atoms with Gasteiger partial charge in [0.05, 0.1) is 33.4 Å². The van der Waals surface area contributed by atoms with Crippen LogP contribution in [-0.4, -0.2) is 8.97 Å². The van der Waals surface area contributed by atoms with Gasteiger partial charge in [-0.1, -0.05) is 133 Å². The third-order valence-corrected chi connectivity index (χ3v) is 13.6. The quantitative estimate of drug-likeness (QED) is 0.170. The second kappa shape index (κ2) is 12.5. The summed E-state index contributed by atoms with van der Waals surface area (Å²) in [5.41, 5.74) is 14.4. The van der Waals surface area contributed by atoms with Gasteiger partial charge in [0.15, 0.2) is 0 Å². The summed E-state index contributed by atoms with van der Waals surface area (Å²) >= 11 is 1.86. The molecule has 0 amide bonds. The molecule has 4 heterocycles. The van der Waals surface area contributed by atoms with Gasteiger partial charge in [0.25, 0.3) is 0 Å². The Balaban J connectivity index is 1.06. The van der Waals surface area contributed by atoms with Crippen LogP contribution in [0.5, 0.6) is 0 Å². The lowest BCUT2D eigenvalue weighted by atomic mass is 10.0. The van der Waals surface area contributed by atoms with E-state index in [9.17, 15) is 0 Å². The van der Waals surface area contributed by atoms with Gasteiger partial charge in [-0.15, -0.1) is 11.3 Å². The van der Waals surface area contributed by atoms with Crippen LogP contribution in [0.25, 0.3) is 98.1 Å². The Morgan fingerprint density at radius 1 is 0.458 bits per heavy atom. The predicted molar refractivity (Wildman–Crippen MR) is 254 cm³/mol. The topological polar surface area (TPSA) is 12.6 Å². The first kappa shape index (κ1) is 32.7. The molecule has 0 saturated heterocycles. The van der Waals surface area contributed by atoms with E-state index in [-0.39, 0.29) is 0 Å². The first-order valence-corrected chi connectivity index (χ1v) is 21.2. The SMILES string of the molecule is C1=Cc2c(n(-c3ccccc3)c3c(-c4ccc(N(c5ccc6sc7ccccc7c6c5)c5cccc6c7cccc8c9ccccc9n(c56)c87)cc4)cccc23)C=CC1. The third-order valence-electron chi connectivity index (χ3n) is 12.4. The Labute approximate surface area is 344 Å². The molecule has 59 heavy (non-hydrogen) atoms. The molecule has 4 heteroatoms. The van der Waals surface area contributed by atoms with Gasteiger partial charge < -0.3 is 13.9 Å². The second-order valence-corrected chi connectivity index (χ2v) is 16.7. The van der Waals surface area contributed by atoms with Crippen LogP contribution in [0.15, 0.2) is 188 Å². The lowest BCUT2D eigenvalue weighted by Crippen LogP contribution is -2.11. The molecule has 1 aliphatic carbocycles. The molecule has 3 nitrogen and oxygen atoms in total. The minimum Gasteiger partial charge on any atom is -0.309 e. The summed E-state index contributed by atoms with van der Waals surface area (Å²) in [6.07, 6.45) is 10.1. The van der Waals surface area contributed by atoms with Crippen molar-refractivity contribution in [1.82, 2.24) is 8.97 Å². The Hall–Kier alpha value is -7.40. The highest BCUT2D eigenvalue weighted by atomic mass is 32.1. The maximum absolute atomic E-state index is 2.51. The zero-order chi connectivity index (χ0) is 38.6. The monoisotopic (exact) mass is 769 g/mol. The molecule has 0 saturated carbocycles. The van der Waals surface area contributed by atoms with Gasteiger partial charge >= 0.3 is 0 Å². The van der Waals surface area contributed by atoms with Crippen LogP contribution in [-0.2, 0) is 0 Å². The van der Waals surface area contributed by atoms with Crippen molar-refractivity contribution < 1.29 is 0 Å². The fraction of sp³-hybridized carbons (Fsp3) is 0.0182. The number of rotatable bonds is 5. The highest BCUT2D eigenvalue weighted by Gasteiger charge is 2.24. The van der Waals surface area contributed by atoms with Crippen molar-refractivity contribution in [3.8, 4) is 16.8 Å². The summed E-state index contributed by atoms with van der Waals surface area (Å²) < 4.78 is 7.56. The van der Waals surface area contributed by atoms with Gasteiger partial charge in [0.2, 0.25) is 0 Å². The summed E-state index contributed by atoms with van der Waals surface area (Å²) in [4.78, 5) is 2.48. The summed E-state index contributed by atoms with van der Waals surface area (Å²) in [7, 11) is 0. The minimum absolute atomic E-state index is 0.931. The van der Waals surface area contributed by atoms with Crippen LogP contribution < -0.4 is 4.90 Å². The number of thiophene rings is 1. The first-order valence-electron chi connectivity index (χ1n) is 20.3. The number of nitrogens with zero attached hydrogens (tertiary/aromatic N) is 3. The molecule has 0 atom stereocenters. The Bertz CT molecular complexity index is 3690. The van der Waals surface area contributed by atoms with Crippen molar-refractivity contribution in [3.63, 3.8) is 0 Å². The molecule has 0 spiro atoms. The van der Waals surface area contributed by atoms with E-state index in [1.54, 1.807) is 0 Å². The maximum atomic E-state index is 2.51. The predicted octanol–water partition coefficient (Wildman–Crippen LogP) is 15.7. The Kier molecular flexibility index (Phi) is 6.95. The zero-order valence-electron chi connectivity index (χ0n) is 32.0. The van der Waals surface area contributed by atoms with E-state index < -0.39 is 0 Å². The molecule has 0 unspecified atom stereocenters. The maximum Gasteiger partial charge on any atom is 0.0782 e. The number of hydrogen-bond acceptors (Lipinski definition) is 2. The van der Waals surface area contributed by atoms with Crippen LogP contribution in [0.1, 0.15) is 17.7 Å². The third kappa shape index (κ3) is 4.69. The van der Waals surface area contributed by atoms with Gasteiger partial charge in [0, 0.05) is 75.3 Å². The first-order chi connectivity index (χ1) is 29.3. The summed E-state index contributed by atoms with van der Waals surface area (Å²) in [5, 5.41) is 8.95. The molecular formula is C55H35N3S. The van der Waals surface area contributed by atoms with Crippen molar-refractivity contribution in [3.05, 3.63) is 199 Å². The van der Waals surface area contributed by atoms with Crippen LogP contribution in [0, 0.1) is 0 Å².